The first kappa shape index (κ1) is 11.1. The molecule has 0 saturated heterocycles. The molecular formula is C8H13N3O2S. The number of aryl methyl sites for hydroxylation is 2. The Morgan fingerprint density at radius 1 is 1.43 bits per heavy atom. The highest BCUT2D eigenvalue weighted by atomic mass is 32.2. The van der Waals surface area contributed by atoms with Crippen molar-refractivity contribution in [2.24, 2.45) is 5.14 Å². The lowest BCUT2D eigenvalue weighted by molar-refractivity contribution is 0.582. The minimum Gasteiger partial charge on any atom is -0.257 e. The van der Waals surface area contributed by atoms with Gasteiger partial charge in [-0.15, -0.1) is 0 Å². The molecule has 0 unspecified atom stereocenters. The second-order valence-electron chi connectivity index (χ2n) is 3.07. The summed E-state index contributed by atoms with van der Waals surface area (Å²) in [7, 11) is -3.64. The summed E-state index contributed by atoms with van der Waals surface area (Å²) in [4.78, 5) is 4.19. The van der Waals surface area contributed by atoms with Crippen LogP contribution < -0.4 is 9.86 Å². The van der Waals surface area contributed by atoms with Crippen LogP contribution in [0.4, 0.5) is 0 Å². The van der Waals surface area contributed by atoms with Gasteiger partial charge in [-0.2, -0.15) is 13.1 Å². The molecule has 0 aromatic carbocycles. The van der Waals surface area contributed by atoms with E-state index in [-0.39, 0.29) is 6.54 Å². The predicted octanol–water partition coefficient (Wildman–Crippen LogP) is -0.00846. The van der Waals surface area contributed by atoms with E-state index in [2.05, 4.69) is 9.71 Å². The van der Waals surface area contributed by atoms with Crippen LogP contribution in [0.25, 0.3) is 0 Å². The number of hydrogen-bond donors (Lipinski definition) is 2. The third kappa shape index (κ3) is 3.41. The number of nitrogens with one attached hydrogen (secondary N) is 1. The van der Waals surface area contributed by atoms with Crippen molar-refractivity contribution < 1.29 is 8.42 Å². The fraction of sp³-hybridized carbons (Fsp3) is 0.375. The Balaban J connectivity index is 2.74. The third-order valence-electron chi connectivity index (χ3n) is 1.86. The van der Waals surface area contributed by atoms with Crippen LogP contribution in [0.3, 0.4) is 0 Å². The van der Waals surface area contributed by atoms with Gasteiger partial charge in [0.25, 0.3) is 10.2 Å². The molecule has 6 heteroatoms. The molecule has 1 aromatic heterocycles. The fourth-order valence-electron chi connectivity index (χ4n) is 0.956. The molecule has 0 amide bonds. The Kier molecular flexibility index (Phi) is 3.20. The Labute approximate surface area is 83.5 Å². The number of hydrogen-bond acceptors (Lipinski definition) is 3. The Morgan fingerprint density at radius 2 is 2.07 bits per heavy atom. The standard InChI is InChI=1S/C8H13N3O2S/c1-6-3-4-8(11-7(6)2)5-10-14(9,12)13/h3-4,10H,5H2,1-2H3,(H2,9,12,13). The van der Waals surface area contributed by atoms with Crippen LogP contribution in [0.2, 0.25) is 0 Å². The largest absolute Gasteiger partial charge is 0.274 e. The van der Waals surface area contributed by atoms with Gasteiger partial charge in [-0.05, 0) is 25.5 Å². The SMILES string of the molecule is Cc1ccc(CNS(N)(=O)=O)nc1C. The summed E-state index contributed by atoms with van der Waals surface area (Å²) in [5, 5.41) is 4.78. The number of pyridine rings is 1. The highest BCUT2D eigenvalue weighted by Gasteiger charge is 2.03. The van der Waals surface area contributed by atoms with Crippen LogP contribution in [-0.2, 0) is 16.8 Å². The van der Waals surface area contributed by atoms with E-state index in [0.29, 0.717) is 5.69 Å². The highest BCUT2D eigenvalue weighted by Crippen LogP contribution is 2.04. The topological polar surface area (TPSA) is 85.1 Å². The molecule has 0 aliphatic rings. The van der Waals surface area contributed by atoms with Crippen molar-refractivity contribution >= 4 is 10.2 Å². The molecule has 0 aliphatic carbocycles. The fourth-order valence-corrected chi connectivity index (χ4v) is 1.30. The van der Waals surface area contributed by atoms with Crippen LogP contribution in [0, 0.1) is 13.8 Å². The van der Waals surface area contributed by atoms with Crippen molar-refractivity contribution in [3.63, 3.8) is 0 Å². The molecule has 1 rings (SSSR count). The summed E-state index contributed by atoms with van der Waals surface area (Å²) in [6.45, 7) is 3.94. The molecule has 0 saturated carbocycles. The van der Waals surface area contributed by atoms with Gasteiger partial charge in [0.1, 0.15) is 0 Å². The van der Waals surface area contributed by atoms with Crippen molar-refractivity contribution in [3.05, 3.63) is 29.1 Å². The van der Waals surface area contributed by atoms with E-state index in [0.717, 1.165) is 11.3 Å². The molecule has 0 bridgehead atoms. The molecular weight excluding hydrogens is 202 g/mol. The molecule has 78 valence electrons. The number of nitrogens with two attached hydrogens (primary N) is 1. The second kappa shape index (κ2) is 4.04. The summed E-state index contributed by atoms with van der Waals surface area (Å²) < 4.78 is 23.4. The lowest BCUT2D eigenvalue weighted by Crippen LogP contribution is -2.30. The lowest BCUT2D eigenvalue weighted by atomic mass is 10.2. The molecule has 3 N–H and O–H groups in total. The van der Waals surface area contributed by atoms with Crippen molar-refractivity contribution in [3.8, 4) is 0 Å². The van der Waals surface area contributed by atoms with Crippen LogP contribution >= 0.6 is 0 Å². The van der Waals surface area contributed by atoms with Crippen molar-refractivity contribution in [1.82, 2.24) is 9.71 Å². The predicted molar refractivity (Wildman–Crippen MR) is 53.7 cm³/mol. The zero-order valence-electron chi connectivity index (χ0n) is 8.11. The van der Waals surface area contributed by atoms with Crippen molar-refractivity contribution in [1.29, 1.82) is 0 Å². The second-order valence-corrected chi connectivity index (χ2v) is 4.45. The van der Waals surface area contributed by atoms with E-state index in [1.807, 2.05) is 19.9 Å². The van der Waals surface area contributed by atoms with E-state index < -0.39 is 10.2 Å². The number of rotatable bonds is 3. The summed E-state index contributed by atoms with van der Waals surface area (Å²) in [5.74, 6) is 0. The third-order valence-corrected chi connectivity index (χ3v) is 2.41. The van der Waals surface area contributed by atoms with Crippen molar-refractivity contribution in [2.75, 3.05) is 0 Å². The van der Waals surface area contributed by atoms with Gasteiger partial charge in [0.05, 0.1) is 12.2 Å². The first-order valence-electron chi connectivity index (χ1n) is 4.09. The zero-order chi connectivity index (χ0) is 10.8. The van der Waals surface area contributed by atoms with Gasteiger partial charge < -0.3 is 0 Å². The minimum atomic E-state index is -3.64. The van der Waals surface area contributed by atoms with Gasteiger partial charge in [0.15, 0.2) is 0 Å². The molecule has 5 nitrogen and oxygen atoms in total. The highest BCUT2D eigenvalue weighted by molar-refractivity contribution is 7.87. The Hall–Kier alpha value is -0.980. The van der Waals surface area contributed by atoms with Gasteiger partial charge in [0.2, 0.25) is 0 Å². The summed E-state index contributed by atoms with van der Waals surface area (Å²) >= 11 is 0. The van der Waals surface area contributed by atoms with Crippen LogP contribution in [-0.4, -0.2) is 13.4 Å². The average Bonchev–Trinajstić information content (AvgIpc) is 2.06. The number of nitrogens with zero attached hydrogens (tertiary/aromatic N) is 1. The molecule has 0 fully saturated rings. The monoisotopic (exact) mass is 215 g/mol. The summed E-state index contributed by atoms with van der Waals surface area (Å²) in [6.07, 6.45) is 0. The minimum absolute atomic E-state index is 0.125. The Morgan fingerprint density at radius 3 is 2.57 bits per heavy atom. The van der Waals surface area contributed by atoms with Crippen molar-refractivity contribution in [2.45, 2.75) is 20.4 Å². The van der Waals surface area contributed by atoms with E-state index >= 15 is 0 Å². The maximum Gasteiger partial charge on any atom is 0.274 e. The molecule has 1 aromatic rings. The molecule has 0 atom stereocenters. The first-order chi connectivity index (χ1) is 6.38. The zero-order valence-corrected chi connectivity index (χ0v) is 8.93. The average molecular weight is 215 g/mol. The van der Waals surface area contributed by atoms with E-state index in [1.54, 1.807) is 6.07 Å². The molecule has 0 radical (unpaired) electrons. The Bertz CT molecular complexity index is 428. The quantitative estimate of drug-likeness (QED) is 0.743. The smallest absolute Gasteiger partial charge is 0.257 e. The van der Waals surface area contributed by atoms with Gasteiger partial charge in [-0.25, -0.2) is 5.14 Å². The maximum absolute atomic E-state index is 10.6. The van der Waals surface area contributed by atoms with Crippen LogP contribution in [0.1, 0.15) is 17.0 Å². The molecule has 1 heterocycles. The summed E-state index contributed by atoms with van der Waals surface area (Å²) in [6, 6.07) is 3.66. The van der Waals surface area contributed by atoms with E-state index in [9.17, 15) is 8.42 Å². The van der Waals surface area contributed by atoms with Crippen LogP contribution in [0.5, 0.6) is 0 Å². The van der Waals surface area contributed by atoms with Gasteiger partial charge in [-0.1, -0.05) is 6.07 Å². The molecule has 0 aliphatic heterocycles. The maximum atomic E-state index is 10.6. The van der Waals surface area contributed by atoms with Crippen LogP contribution in [0.15, 0.2) is 12.1 Å². The van der Waals surface area contributed by atoms with Gasteiger partial charge in [0, 0.05) is 5.69 Å². The normalized spacial score (nSPS) is 11.6. The van der Waals surface area contributed by atoms with Gasteiger partial charge in [-0.3, -0.25) is 4.98 Å². The molecule has 0 spiro atoms. The van der Waals surface area contributed by atoms with Gasteiger partial charge >= 0.3 is 0 Å². The first-order valence-corrected chi connectivity index (χ1v) is 5.63. The summed E-state index contributed by atoms with van der Waals surface area (Å²) in [5.41, 5.74) is 2.62. The van der Waals surface area contributed by atoms with E-state index in [4.69, 9.17) is 5.14 Å². The lowest BCUT2D eigenvalue weighted by Gasteiger charge is -2.04. The molecule has 14 heavy (non-hydrogen) atoms. The number of aromatic nitrogens is 1. The van der Waals surface area contributed by atoms with E-state index in [1.165, 1.54) is 0 Å².